The third-order valence-electron chi connectivity index (χ3n) is 13.6. The molecule has 0 fully saturated rings. The van der Waals surface area contributed by atoms with Crippen molar-refractivity contribution in [2.24, 2.45) is 0 Å². The summed E-state index contributed by atoms with van der Waals surface area (Å²) in [7, 11) is 0. The van der Waals surface area contributed by atoms with E-state index in [1.54, 1.807) is 0 Å². The zero-order valence-corrected chi connectivity index (χ0v) is 37.7. The summed E-state index contributed by atoms with van der Waals surface area (Å²) >= 11 is 0. The van der Waals surface area contributed by atoms with Crippen molar-refractivity contribution in [3.63, 3.8) is 0 Å². The van der Waals surface area contributed by atoms with E-state index in [2.05, 4.69) is 264 Å². The van der Waals surface area contributed by atoms with E-state index in [0.29, 0.717) is 0 Å². The number of aromatic nitrogens is 1. The number of para-hydroxylation sites is 5. The lowest BCUT2D eigenvalue weighted by molar-refractivity contribution is 0.670. The van der Waals surface area contributed by atoms with Crippen LogP contribution in [0.25, 0.3) is 105 Å². The standard InChI is InChI=1S/C66H44N2O/c1-3-17-45(18-4-1)47-33-35-48(36-34-47)54-23-7-11-29-61(54)67(53-22-15-21-51(43-53)56-27-16-28-60-59-26-10-14-32-65(59)69-66(56)60)52-40-37-49(38-41-52)55-42-39-50(46-19-5-2-6-20-46)44-64(55)68-62-30-12-8-24-57(62)58-25-9-13-31-63(58)68/h1-44H. The van der Waals surface area contributed by atoms with E-state index in [-0.39, 0.29) is 0 Å². The van der Waals surface area contributed by atoms with Gasteiger partial charge in [-0.1, -0.05) is 212 Å². The number of anilines is 3. The van der Waals surface area contributed by atoms with Crippen LogP contribution in [0.5, 0.6) is 0 Å². The maximum absolute atomic E-state index is 6.58. The Morgan fingerprint density at radius 1 is 0.290 bits per heavy atom. The first-order valence-electron chi connectivity index (χ1n) is 23.6. The molecular formula is C66H44N2O. The van der Waals surface area contributed by atoms with Gasteiger partial charge in [0.25, 0.3) is 0 Å². The van der Waals surface area contributed by atoms with Gasteiger partial charge >= 0.3 is 0 Å². The molecule has 0 atom stereocenters. The van der Waals surface area contributed by atoms with E-state index < -0.39 is 0 Å². The van der Waals surface area contributed by atoms with Crippen molar-refractivity contribution >= 4 is 60.8 Å². The van der Waals surface area contributed by atoms with Crippen molar-refractivity contribution in [2.45, 2.75) is 0 Å². The Hall–Kier alpha value is -9.18. The molecule has 11 aromatic carbocycles. The Bertz CT molecular complexity index is 3940. The average molecular weight is 881 g/mol. The monoisotopic (exact) mass is 880 g/mol. The molecular weight excluding hydrogens is 837 g/mol. The van der Waals surface area contributed by atoms with Gasteiger partial charge in [0, 0.05) is 49.6 Å². The van der Waals surface area contributed by atoms with Crippen molar-refractivity contribution in [3.05, 3.63) is 267 Å². The van der Waals surface area contributed by atoms with Crippen LogP contribution < -0.4 is 4.90 Å². The molecule has 0 radical (unpaired) electrons. The normalized spacial score (nSPS) is 11.5. The first kappa shape index (κ1) is 40.1. The number of hydrogen-bond donors (Lipinski definition) is 0. The molecule has 0 unspecified atom stereocenters. The van der Waals surface area contributed by atoms with E-state index in [9.17, 15) is 0 Å². The topological polar surface area (TPSA) is 21.3 Å². The summed E-state index contributed by atoms with van der Waals surface area (Å²) in [6.45, 7) is 0. The molecule has 2 heterocycles. The highest BCUT2D eigenvalue weighted by Gasteiger charge is 2.21. The minimum atomic E-state index is 0.890. The number of furan rings is 1. The molecule has 0 amide bonds. The molecule has 0 aliphatic heterocycles. The highest BCUT2D eigenvalue weighted by atomic mass is 16.3. The first-order chi connectivity index (χ1) is 34.2. The molecule has 0 spiro atoms. The third-order valence-corrected chi connectivity index (χ3v) is 13.6. The van der Waals surface area contributed by atoms with E-state index in [0.717, 1.165) is 78.1 Å². The summed E-state index contributed by atoms with van der Waals surface area (Å²) in [4.78, 5) is 2.40. The van der Waals surface area contributed by atoms with Crippen molar-refractivity contribution < 1.29 is 4.42 Å². The van der Waals surface area contributed by atoms with Gasteiger partial charge in [0.15, 0.2) is 0 Å². The number of hydrogen-bond acceptors (Lipinski definition) is 2. The Morgan fingerprint density at radius 3 is 1.54 bits per heavy atom. The first-order valence-corrected chi connectivity index (χ1v) is 23.6. The van der Waals surface area contributed by atoms with E-state index in [4.69, 9.17) is 4.42 Å². The van der Waals surface area contributed by atoms with Crippen molar-refractivity contribution in [2.75, 3.05) is 4.90 Å². The van der Waals surface area contributed by atoms with Crippen LogP contribution in [0, 0.1) is 0 Å². The molecule has 13 aromatic rings. The second-order valence-electron chi connectivity index (χ2n) is 17.6. The Balaban J connectivity index is 0.977. The third kappa shape index (κ3) is 7.08. The van der Waals surface area contributed by atoms with Crippen molar-refractivity contribution in [3.8, 4) is 61.3 Å². The van der Waals surface area contributed by atoms with Gasteiger partial charge in [-0.3, -0.25) is 0 Å². The van der Waals surface area contributed by atoms with Gasteiger partial charge in [-0.25, -0.2) is 0 Å². The average Bonchev–Trinajstić information content (AvgIpc) is 3.98. The number of fused-ring (bicyclic) bond motifs is 6. The van der Waals surface area contributed by atoms with Crippen LogP contribution in [0.15, 0.2) is 271 Å². The zero-order valence-electron chi connectivity index (χ0n) is 37.7. The fourth-order valence-electron chi connectivity index (χ4n) is 10.3. The van der Waals surface area contributed by atoms with Gasteiger partial charge in [-0.2, -0.15) is 0 Å². The number of nitrogens with zero attached hydrogens (tertiary/aromatic N) is 2. The van der Waals surface area contributed by atoms with Crippen LogP contribution in [0.1, 0.15) is 0 Å². The molecule has 0 aliphatic carbocycles. The highest BCUT2D eigenvalue weighted by molar-refractivity contribution is 6.11. The summed E-state index contributed by atoms with van der Waals surface area (Å²) < 4.78 is 9.03. The summed E-state index contributed by atoms with van der Waals surface area (Å²) in [5.74, 6) is 0. The largest absolute Gasteiger partial charge is 0.455 e. The smallest absolute Gasteiger partial charge is 0.143 e. The van der Waals surface area contributed by atoms with Crippen LogP contribution in [-0.4, -0.2) is 4.57 Å². The molecule has 324 valence electrons. The maximum atomic E-state index is 6.58. The SMILES string of the molecule is c1ccc(-c2ccc(-c3ccccc3N(c3ccc(-c4ccc(-c5ccccc5)cc4-n4c5ccccc5c5ccccc54)cc3)c3cccc(-c4cccc5c4oc4ccccc45)c3)cc2)cc1. The van der Waals surface area contributed by atoms with Crippen LogP contribution >= 0.6 is 0 Å². The van der Waals surface area contributed by atoms with Gasteiger partial charge in [0.2, 0.25) is 0 Å². The molecule has 3 nitrogen and oxygen atoms in total. The zero-order chi connectivity index (χ0) is 45.7. The maximum Gasteiger partial charge on any atom is 0.143 e. The molecule has 3 heteroatoms. The van der Waals surface area contributed by atoms with E-state index in [1.165, 1.54) is 44.1 Å². The predicted octanol–water partition coefficient (Wildman–Crippen LogP) is 18.5. The van der Waals surface area contributed by atoms with Gasteiger partial charge in [-0.05, 0) is 93.5 Å². The minimum absolute atomic E-state index is 0.890. The minimum Gasteiger partial charge on any atom is -0.455 e. The summed E-state index contributed by atoms with van der Waals surface area (Å²) in [5, 5.41) is 4.71. The summed E-state index contributed by atoms with van der Waals surface area (Å²) in [6.07, 6.45) is 0. The van der Waals surface area contributed by atoms with Crippen molar-refractivity contribution in [1.29, 1.82) is 0 Å². The second-order valence-corrected chi connectivity index (χ2v) is 17.6. The lowest BCUT2D eigenvalue weighted by atomic mass is 9.96. The predicted molar refractivity (Wildman–Crippen MR) is 290 cm³/mol. The Kier molecular flexibility index (Phi) is 9.84. The Morgan fingerprint density at radius 2 is 0.797 bits per heavy atom. The van der Waals surface area contributed by atoms with Crippen LogP contribution in [0.3, 0.4) is 0 Å². The lowest BCUT2D eigenvalue weighted by Crippen LogP contribution is -2.11. The van der Waals surface area contributed by atoms with Crippen LogP contribution in [0.4, 0.5) is 17.1 Å². The quantitative estimate of drug-likeness (QED) is 0.144. The van der Waals surface area contributed by atoms with Gasteiger partial charge in [0.1, 0.15) is 11.2 Å². The molecule has 13 rings (SSSR count). The number of rotatable bonds is 9. The van der Waals surface area contributed by atoms with Crippen LogP contribution in [0.2, 0.25) is 0 Å². The second kappa shape index (κ2) is 16.9. The molecule has 69 heavy (non-hydrogen) atoms. The lowest BCUT2D eigenvalue weighted by Gasteiger charge is -2.28. The molecule has 0 N–H and O–H groups in total. The molecule has 0 saturated carbocycles. The summed E-state index contributed by atoms with van der Waals surface area (Å²) in [5.41, 5.74) is 19.9. The fourth-order valence-corrected chi connectivity index (χ4v) is 10.3. The fraction of sp³-hybridized carbons (Fsp3) is 0. The highest BCUT2D eigenvalue weighted by Crippen LogP contribution is 2.45. The van der Waals surface area contributed by atoms with E-state index in [1.807, 2.05) is 12.1 Å². The van der Waals surface area contributed by atoms with E-state index >= 15 is 0 Å². The molecule has 0 saturated heterocycles. The van der Waals surface area contributed by atoms with Gasteiger partial charge in [-0.15, -0.1) is 0 Å². The van der Waals surface area contributed by atoms with Gasteiger partial charge in [0.05, 0.1) is 22.4 Å². The Labute approximate surface area is 401 Å². The molecule has 2 aromatic heterocycles. The number of benzene rings is 11. The van der Waals surface area contributed by atoms with Crippen molar-refractivity contribution in [1.82, 2.24) is 4.57 Å². The summed E-state index contributed by atoms with van der Waals surface area (Å²) in [6, 6.07) is 96.1. The van der Waals surface area contributed by atoms with Crippen LogP contribution in [-0.2, 0) is 0 Å². The molecule has 0 aliphatic rings. The molecule has 0 bridgehead atoms. The van der Waals surface area contributed by atoms with Gasteiger partial charge < -0.3 is 13.9 Å².